The molecule has 0 saturated carbocycles. The summed E-state index contributed by atoms with van der Waals surface area (Å²) in [6.07, 6.45) is 3.60. The monoisotopic (exact) mass is 310 g/mol. The molecule has 0 bridgehead atoms. The van der Waals surface area contributed by atoms with Gasteiger partial charge < -0.3 is 9.53 Å². The van der Waals surface area contributed by atoms with E-state index >= 15 is 0 Å². The first-order valence-corrected chi connectivity index (χ1v) is 9.68. The van der Waals surface area contributed by atoms with Crippen molar-refractivity contribution in [2.24, 2.45) is 0 Å². The molecule has 0 aliphatic rings. The van der Waals surface area contributed by atoms with Crippen LogP contribution in [0.3, 0.4) is 0 Å². The van der Waals surface area contributed by atoms with E-state index in [9.17, 15) is 4.80 Å². The van der Waals surface area contributed by atoms with Crippen LogP contribution < -0.4 is 9.92 Å². The lowest BCUT2D eigenvalue weighted by Crippen LogP contribution is -2.47. The Morgan fingerprint density at radius 2 is 1.36 bits per heavy atom. The molecule has 0 saturated heterocycles. The molecule has 22 heavy (non-hydrogen) atoms. The number of benzene rings is 2. The third-order valence-corrected chi connectivity index (χ3v) is 7.15. The van der Waals surface area contributed by atoms with Crippen molar-refractivity contribution in [2.75, 3.05) is 7.11 Å². The van der Waals surface area contributed by atoms with Gasteiger partial charge >= 0.3 is 0 Å². The van der Waals surface area contributed by atoms with E-state index in [0.717, 1.165) is 22.1 Å². The molecule has 0 heterocycles. The number of ether oxygens (including phenoxy) is 1. The molecule has 0 aromatic heterocycles. The maximum atomic E-state index is 10.9. The quantitative estimate of drug-likeness (QED) is 0.621. The minimum atomic E-state index is -2.52. The SMILES string of the molecule is C=CC[Si](O)(CC=C)c1ccc(-c2ccc(OC)cc2)cc1. The highest BCUT2D eigenvalue weighted by molar-refractivity contribution is 6.86. The van der Waals surface area contributed by atoms with Crippen LogP contribution in [-0.2, 0) is 0 Å². The predicted molar refractivity (Wildman–Crippen MR) is 96.0 cm³/mol. The van der Waals surface area contributed by atoms with Gasteiger partial charge in [-0.05, 0) is 40.5 Å². The van der Waals surface area contributed by atoms with E-state index in [1.165, 1.54) is 0 Å². The molecule has 0 radical (unpaired) electrons. The summed E-state index contributed by atoms with van der Waals surface area (Å²) in [7, 11) is -0.859. The maximum Gasteiger partial charge on any atom is 0.227 e. The fourth-order valence-electron chi connectivity index (χ4n) is 2.55. The van der Waals surface area contributed by atoms with Crippen LogP contribution in [0.4, 0.5) is 0 Å². The van der Waals surface area contributed by atoms with Gasteiger partial charge in [0.25, 0.3) is 0 Å². The Morgan fingerprint density at radius 3 is 1.77 bits per heavy atom. The summed E-state index contributed by atoms with van der Waals surface area (Å²) >= 11 is 0. The number of rotatable bonds is 7. The fourth-order valence-corrected chi connectivity index (χ4v) is 4.93. The van der Waals surface area contributed by atoms with Crippen LogP contribution >= 0.6 is 0 Å². The van der Waals surface area contributed by atoms with Crippen molar-refractivity contribution in [3.05, 3.63) is 73.8 Å². The number of hydrogen-bond donors (Lipinski definition) is 1. The van der Waals surface area contributed by atoms with Crippen LogP contribution in [-0.4, -0.2) is 20.2 Å². The second-order valence-electron chi connectivity index (χ2n) is 5.32. The highest BCUT2D eigenvalue weighted by Gasteiger charge is 2.30. The van der Waals surface area contributed by atoms with Gasteiger partial charge in [-0.2, -0.15) is 0 Å². The first-order chi connectivity index (χ1) is 10.6. The topological polar surface area (TPSA) is 29.5 Å². The van der Waals surface area contributed by atoms with E-state index in [1.54, 1.807) is 19.3 Å². The van der Waals surface area contributed by atoms with Gasteiger partial charge in [-0.15, -0.1) is 13.2 Å². The summed E-state index contributed by atoms with van der Waals surface area (Å²) in [5.74, 6) is 0.846. The molecule has 0 amide bonds. The van der Waals surface area contributed by atoms with E-state index in [2.05, 4.69) is 25.3 Å². The van der Waals surface area contributed by atoms with Crippen LogP contribution in [0.25, 0.3) is 11.1 Å². The molecular weight excluding hydrogens is 288 g/mol. The summed E-state index contributed by atoms with van der Waals surface area (Å²) < 4.78 is 5.18. The summed E-state index contributed by atoms with van der Waals surface area (Å²) in [6.45, 7) is 7.53. The van der Waals surface area contributed by atoms with Gasteiger partial charge in [-0.3, -0.25) is 0 Å². The molecule has 0 fully saturated rings. The second kappa shape index (κ2) is 7.25. The largest absolute Gasteiger partial charge is 0.497 e. The van der Waals surface area contributed by atoms with Gasteiger partial charge in [0.15, 0.2) is 0 Å². The molecule has 2 aromatic carbocycles. The van der Waals surface area contributed by atoms with Crippen LogP contribution in [0, 0.1) is 0 Å². The molecule has 2 nitrogen and oxygen atoms in total. The van der Waals surface area contributed by atoms with Crippen molar-refractivity contribution in [3.63, 3.8) is 0 Å². The fraction of sp³-hybridized carbons (Fsp3) is 0.158. The zero-order valence-corrected chi connectivity index (χ0v) is 14.0. The average molecular weight is 310 g/mol. The maximum absolute atomic E-state index is 10.9. The minimum absolute atomic E-state index is 0.640. The van der Waals surface area contributed by atoms with Gasteiger partial charge in [-0.1, -0.05) is 48.6 Å². The van der Waals surface area contributed by atoms with Gasteiger partial charge in [0, 0.05) is 0 Å². The van der Waals surface area contributed by atoms with Gasteiger partial charge in [-0.25, -0.2) is 0 Å². The number of allylic oxidation sites excluding steroid dienone is 2. The van der Waals surface area contributed by atoms with E-state index < -0.39 is 8.32 Å². The lowest BCUT2D eigenvalue weighted by Gasteiger charge is -2.23. The normalized spacial score (nSPS) is 11.0. The average Bonchev–Trinajstić information content (AvgIpc) is 2.55. The molecular formula is C19H22O2Si. The number of hydrogen-bond acceptors (Lipinski definition) is 2. The first kappa shape index (κ1) is 16.3. The number of methoxy groups -OCH3 is 1. The van der Waals surface area contributed by atoms with Crippen molar-refractivity contribution in [3.8, 4) is 16.9 Å². The molecule has 1 N–H and O–H groups in total. The van der Waals surface area contributed by atoms with Crippen LogP contribution in [0.2, 0.25) is 12.1 Å². The van der Waals surface area contributed by atoms with Crippen molar-refractivity contribution in [2.45, 2.75) is 12.1 Å². The highest BCUT2D eigenvalue weighted by Crippen LogP contribution is 2.23. The molecule has 0 spiro atoms. The summed E-state index contributed by atoms with van der Waals surface area (Å²) in [5, 5.41) is 1.02. The highest BCUT2D eigenvalue weighted by atomic mass is 28.4. The van der Waals surface area contributed by atoms with Gasteiger partial charge in [0.05, 0.1) is 7.11 Å². The zero-order valence-electron chi connectivity index (χ0n) is 13.0. The van der Waals surface area contributed by atoms with Crippen molar-refractivity contribution >= 4 is 13.5 Å². The van der Waals surface area contributed by atoms with Crippen LogP contribution in [0.1, 0.15) is 0 Å². The molecule has 0 atom stereocenters. The molecule has 2 rings (SSSR count). The molecule has 114 valence electrons. The molecule has 0 unspecified atom stereocenters. The second-order valence-corrected chi connectivity index (χ2v) is 8.78. The Balaban J connectivity index is 2.28. The third kappa shape index (κ3) is 3.56. The Morgan fingerprint density at radius 1 is 0.909 bits per heavy atom. The Hall–Kier alpha value is -2.10. The van der Waals surface area contributed by atoms with Crippen molar-refractivity contribution < 1.29 is 9.53 Å². The summed E-state index contributed by atoms with van der Waals surface area (Å²) in [5.41, 5.74) is 2.25. The van der Waals surface area contributed by atoms with Crippen molar-refractivity contribution in [1.82, 2.24) is 0 Å². The molecule has 0 aliphatic heterocycles. The summed E-state index contributed by atoms with van der Waals surface area (Å²) in [6, 6.07) is 17.4. The van der Waals surface area contributed by atoms with Crippen LogP contribution in [0.5, 0.6) is 5.75 Å². The van der Waals surface area contributed by atoms with E-state index in [0.29, 0.717) is 12.1 Å². The van der Waals surface area contributed by atoms with Crippen molar-refractivity contribution in [1.29, 1.82) is 0 Å². The smallest absolute Gasteiger partial charge is 0.227 e. The van der Waals surface area contributed by atoms with Gasteiger partial charge in [0.2, 0.25) is 8.32 Å². The van der Waals surface area contributed by atoms with Crippen LogP contribution in [0.15, 0.2) is 73.8 Å². The van der Waals surface area contributed by atoms with E-state index in [-0.39, 0.29) is 0 Å². The molecule has 2 aromatic rings. The molecule has 3 heteroatoms. The van der Waals surface area contributed by atoms with E-state index in [4.69, 9.17) is 4.74 Å². The lowest BCUT2D eigenvalue weighted by molar-refractivity contribution is 0.415. The minimum Gasteiger partial charge on any atom is -0.497 e. The standard InChI is InChI=1S/C19H22O2Si/c1-4-14-22(20,15-5-2)19-12-8-17(9-13-19)16-6-10-18(21-3)11-7-16/h4-13,20H,1-2,14-15H2,3H3. The first-order valence-electron chi connectivity index (χ1n) is 7.32. The third-order valence-electron chi connectivity index (χ3n) is 3.81. The zero-order chi connectivity index (χ0) is 16.0. The molecule has 0 aliphatic carbocycles. The van der Waals surface area contributed by atoms with Gasteiger partial charge in [0.1, 0.15) is 5.75 Å². The lowest BCUT2D eigenvalue weighted by atomic mass is 10.1. The Bertz CT molecular complexity index is 619. The van der Waals surface area contributed by atoms with E-state index in [1.807, 2.05) is 36.4 Å². The predicted octanol–water partition coefficient (Wildman–Crippen LogP) is 3.88. The summed E-state index contributed by atoms with van der Waals surface area (Å²) in [4.78, 5) is 10.9. The Labute approximate surface area is 133 Å². The Kier molecular flexibility index (Phi) is 5.36.